The van der Waals surface area contributed by atoms with Crippen molar-refractivity contribution in [1.82, 2.24) is 9.88 Å². The van der Waals surface area contributed by atoms with Gasteiger partial charge in [-0.05, 0) is 18.1 Å². The number of pyridine rings is 1. The predicted octanol–water partition coefficient (Wildman–Crippen LogP) is 3.11. The maximum atomic E-state index is 8.65. The lowest BCUT2D eigenvalue weighted by atomic mass is 10.2. The minimum atomic E-state index is 0.521. The van der Waals surface area contributed by atoms with Gasteiger partial charge in [0, 0.05) is 26.1 Å². The third kappa shape index (κ3) is 5.67. The molecule has 3 nitrogen and oxygen atoms in total. The number of hydrogen-bond donors (Lipinski definition) is 0. The summed E-state index contributed by atoms with van der Waals surface area (Å²) in [6, 6.07) is 7.82. The number of aromatic nitrogens is 1. The molecule has 1 aromatic rings. The Balaban J connectivity index is 2.61. The van der Waals surface area contributed by atoms with Crippen molar-refractivity contribution in [3.8, 4) is 6.07 Å². The Bertz CT molecular complexity index is 384. The van der Waals surface area contributed by atoms with E-state index < -0.39 is 0 Å². The number of rotatable bonds is 6. The predicted molar refractivity (Wildman–Crippen MR) is 69.6 cm³/mol. The van der Waals surface area contributed by atoms with Crippen LogP contribution in [0.1, 0.15) is 26.0 Å². The van der Waals surface area contributed by atoms with Crippen molar-refractivity contribution in [1.29, 1.82) is 5.26 Å². The van der Waals surface area contributed by atoms with Crippen molar-refractivity contribution >= 4 is 11.6 Å². The van der Waals surface area contributed by atoms with Crippen LogP contribution >= 0.6 is 11.6 Å². The molecule has 0 N–H and O–H groups in total. The molecule has 0 bridgehead atoms. The SMILES string of the molecule is CC(C)CN(CCC#N)Cc1cccc(Cl)n1. The average Bonchev–Trinajstić information content (AvgIpc) is 2.25. The van der Waals surface area contributed by atoms with Crippen LogP contribution in [0.15, 0.2) is 18.2 Å². The minimum Gasteiger partial charge on any atom is -0.296 e. The van der Waals surface area contributed by atoms with Crippen molar-refractivity contribution in [2.45, 2.75) is 26.8 Å². The van der Waals surface area contributed by atoms with Gasteiger partial charge in [-0.2, -0.15) is 5.26 Å². The van der Waals surface area contributed by atoms with Gasteiger partial charge in [0.15, 0.2) is 0 Å². The maximum absolute atomic E-state index is 8.65. The zero-order valence-electron chi connectivity index (χ0n) is 10.4. The molecule has 1 heterocycles. The highest BCUT2D eigenvalue weighted by Crippen LogP contribution is 2.09. The molecule has 0 saturated heterocycles. The molecule has 0 atom stereocenters. The lowest BCUT2D eigenvalue weighted by Crippen LogP contribution is -2.28. The number of nitriles is 1. The van der Waals surface area contributed by atoms with Crippen LogP contribution in [-0.4, -0.2) is 23.0 Å². The summed E-state index contributed by atoms with van der Waals surface area (Å²) in [5, 5.41) is 9.17. The van der Waals surface area contributed by atoms with E-state index in [0.29, 0.717) is 17.5 Å². The molecule has 0 saturated carbocycles. The summed E-state index contributed by atoms with van der Waals surface area (Å²) in [5.41, 5.74) is 0.955. The topological polar surface area (TPSA) is 39.9 Å². The lowest BCUT2D eigenvalue weighted by molar-refractivity contribution is 0.238. The fourth-order valence-electron chi connectivity index (χ4n) is 1.73. The largest absolute Gasteiger partial charge is 0.296 e. The van der Waals surface area contributed by atoms with E-state index in [0.717, 1.165) is 25.3 Å². The molecule has 0 amide bonds. The van der Waals surface area contributed by atoms with E-state index in [1.165, 1.54) is 0 Å². The quantitative estimate of drug-likeness (QED) is 0.730. The summed E-state index contributed by atoms with van der Waals surface area (Å²) in [4.78, 5) is 6.51. The molecule has 0 aliphatic heterocycles. The maximum Gasteiger partial charge on any atom is 0.129 e. The van der Waals surface area contributed by atoms with Gasteiger partial charge in [-0.25, -0.2) is 4.98 Å². The number of hydrogen-bond acceptors (Lipinski definition) is 3. The van der Waals surface area contributed by atoms with Crippen molar-refractivity contribution in [2.24, 2.45) is 5.92 Å². The van der Waals surface area contributed by atoms with Crippen molar-refractivity contribution in [2.75, 3.05) is 13.1 Å². The Kier molecular flexibility index (Phi) is 5.96. The zero-order valence-corrected chi connectivity index (χ0v) is 11.1. The zero-order chi connectivity index (χ0) is 12.7. The van der Waals surface area contributed by atoms with Crippen LogP contribution in [0.25, 0.3) is 0 Å². The third-order valence-corrected chi connectivity index (χ3v) is 2.53. The standard InChI is InChI=1S/C13H18ClN3/c1-11(2)9-17(8-4-7-15)10-12-5-3-6-13(14)16-12/h3,5-6,11H,4,8-10H2,1-2H3. The molecule has 17 heavy (non-hydrogen) atoms. The molecule has 0 aliphatic rings. The Hall–Kier alpha value is -1.11. The van der Waals surface area contributed by atoms with Crippen LogP contribution in [0.4, 0.5) is 0 Å². The van der Waals surface area contributed by atoms with E-state index in [-0.39, 0.29) is 0 Å². The van der Waals surface area contributed by atoms with Crippen molar-refractivity contribution < 1.29 is 0 Å². The van der Waals surface area contributed by atoms with E-state index in [1.54, 1.807) is 6.07 Å². The van der Waals surface area contributed by atoms with Gasteiger partial charge in [-0.1, -0.05) is 31.5 Å². The second kappa shape index (κ2) is 7.26. The molecule has 92 valence electrons. The Morgan fingerprint density at radius 3 is 2.82 bits per heavy atom. The average molecular weight is 252 g/mol. The van der Waals surface area contributed by atoms with Crippen LogP contribution in [0, 0.1) is 17.2 Å². The van der Waals surface area contributed by atoms with E-state index in [4.69, 9.17) is 16.9 Å². The molecular weight excluding hydrogens is 234 g/mol. The highest BCUT2D eigenvalue weighted by molar-refractivity contribution is 6.29. The summed E-state index contributed by atoms with van der Waals surface area (Å²) >= 11 is 5.86. The summed E-state index contributed by atoms with van der Waals surface area (Å²) in [7, 11) is 0. The van der Waals surface area contributed by atoms with Crippen molar-refractivity contribution in [3.63, 3.8) is 0 Å². The van der Waals surface area contributed by atoms with Crippen LogP contribution in [-0.2, 0) is 6.54 Å². The Morgan fingerprint density at radius 1 is 1.47 bits per heavy atom. The summed E-state index contributed by atoms with van der Waals surface area (Å²) in [5.74, 6) is 0.577. The van der Waals surface area contributed by atoms with Gasteiger partial charge >= 0.3 is 0 Å². The number of nitrogens with zero attached hydrogens (tertiary/aromatic N) is 3. The normalized spacial score (nSPS) is 10.8. The van der Waals surface area contributed by atoms with Gasteiger partial charge in [0.25, 0.3) is 0 Å². The summed E-state index contributed by atoms with van der Waals surface area (Å²) < 4.78 is 0. The highest BCUT2D eigenvalue weighted by Gasteiger charge is 2.08. The molecule has 0 spiro atoms. The smallest absolute Gasteiger partial charge is 0.129 e. The van der Waals surface area contributed by atoms with Crippen LogP contribution < -0.4 is 0 Å². The second-order valence-electron chi connectivity index (χ2n) is 4.49. The van der Waals surface area contributed by atoms with E-state index in [2.05, 4.69) is 29.8 Å². The number of halogens is 1. The molecule has 0 unspecified atom stereocenters. The van der Waals surface area contributed by atoms with Gasteiger partial charge in [0.1, 0.15) is 5.15 Å². The molecule has 0 aliphatic carbocycles. The molecule has 1 rings (SSSR count). The first-order chi connectivity index (χ1) is 8.11. The fourth-order valence-corrected chi connectivity index (χ4v) is 1.91. The van der Waals surface area contributed by atoms with Gasteiger partial charge in [0.2, 0.25) is 0 Å². The third-order valence-electron chi connectivity index (χ3n) is 2.32. The summed E-state index contributed by atoms with van der Waals surface area (Å²) in [6.07, 6.45) is 0.549. The summed E-state index contributed by atoms with van der Waals surface area (Å²) in [6.45, 7) is 6.84. The molecule has 0 radical (unpaired) electrons. The molecule has 0 fully saturated rings. The second-order valence-corrected chi connectivity index (χ2v) is 4.88. The first kappa shape index (κ1) is 14.0. The molecular formula is C13H18ClN3. The highest BCUT2D eigenvalue weighted by atomic mass is 35.5. The Morgan fingerprint density at radius 2 is 2.24 bits per heavy atom. The van der Waals surface area contributed by atoms with Crippen molar-refractivity contribution in [3.05, 3.63) is 29.0 Å². The van der Waals surface area contributed by atoms with Gasteiger partial charge in [-0.3, -0.25) is 4.90 Å². The van der Waals surface area contributed by atoms with Gasteiger partial charge in [0.05, 0.1) is 11.8 Å². The molecule has 4 heteroatoms. The van der Waals surface area contributed by atoms with E-state index in [1.807, 2.05) is 12.1 Å². The van der Waals surface area contributed by atoms with E-state index >= 15 is 0 Å². The lowest BCUT2D eigenvalue weighted by Gasteiger charge is -2.22. The van der Waals surface area contributed by atoms with Crippen LogP contribution in [0.5, 0.6) is 0 Å². The van der Waals surface area contributed by atoms with Crippen LogP contribution in [0.3, 0.4) is 0 Å². The minimum absolute atomic E-state index is 0.521. The monoisotopic (exact) mass is 251 g/mol. The molecule has 0 aromatic carbocycles. The van der Waals surface area contributed by atoms with Crippen LogP contribution in [0.2, 0.25) is 5.15 Å². The Labute approximate surface area is 108 Å². The first-order valence-corrected chi connectivity index (χ1v) is 6.20. The fraction of sp³-hybridized carbons (Fsp3) is 0.538. The van der Waals surface area contributed by atoms with Gasteiger partial charge in [-0.15, -0.1) is 0 Å². The van der Waals surface area contributed by atoms with Gasteiger partial charge < -0.3 is 0 Å². The molecule has 1 aromatic heterocycles. The van der Waals surface area contributed by atoms with E-state index in [9.17, 15) is 0 Å². The first-order valence-electron chi connectivity index (χ1n) is 5.82.